The molecule has 55 heavy (non-hydrogen) atoms. The molecule has 0 rings (SSSR count). The predicted octanol–water partition coefficient (Wildman–Crippen LogP) is 15.4. The molecule has 0 spiro atoms. The molecule has 0 unspecified atom stereocenters. The number of esters is 3. The molecule has 6 heteroatoms. The fraction of sp³-hybridized carbons (Fsp3) is 0.898. The predicted molar refractivity (Wildman–Crippen MR) is 233 cm³/mol. The first kappa shape index (κ1) is 53.1. The van der Waals surface area contributed by atoms with Crippen LogP contribution in [0.4, 0.5) is 0 Å². The minimum atomic E-state index is -0.766. The summed E-state index contributed by atoms with van der Waals surface area (Å²) in [6, 6.07) is 0. The molecule has 0 saturated heterocycles. The van der Waals surface area contributed by atoms with Crippen molar-refractivity contribution in [2.75, 3.05) is 13.2 Å². The SMILES string of the molecule is CCCCCC/C=C\CCCCCCCC(=O)OC(COC(=O)CCCCCCCCCCCCCC)COC(=O)CCCCCCCCCCCCCC. The zero-order valence-electron chi connectivity index (χ0n) is 37.0. The van der Waals surface area contributed by atoms with Crippen LogP contribution in [0.3, 0.4) is 0 Å². The number of hydrogen-bond donors (Lipinski definition) is 0. The van der Waals surface area contributed by atoms with Gasteiger partial charge in [0.05, 0.1) is 0 Å². The van der Waals surface area contributed by atoms with Gasteiger partial charge in [-0.2, -0.15) is 0 Å². The van der Waals surface area contributed by atoms with Crippen LogP contribution in [0.25, 0.3) is 0 Å². The zero-order chi connectivity index (χ0) is 40.1. The smallest absolute Gasteiger partial charge is 0.306 e. The molecular formula is C49H92O6. The van der Waals surface area contributed by atoms with Gasteiger partial charge in [-0.05, 0) is 44.9 Å². The normalized spacial score (nSPS) is 11.5. The van der Waals surface area contributed by atoms with Crippen LogP contribution in [0.5, 0.6) is 0 Å². The van der Waals surface area contributed by atoms with Crippen LogP contribution in [-0.2, 0) is 28.6 Å². The second-order valence-electron chi connectivity index (χ2n) is 16.4. The van der Waals surface area contributed by atoms with Crippen LogP contribution in [0.1, 0.15) is 265 Å². The van der Waals surface area contributed by atoms with Gasteiger partial charge in [0.25, 0.3) is 0 Å². The molecule has 0 aliphatic carbocycles. The number of carbonyl (C=O) groups is 3. The number of allylic oxidation sites excluding steroid dienone is 2. The summed E-state index contributed by atoms with van der Waals surface area (Å²) >= 11 is 0. The Morgan fingerprint density at radius 3 is 0.927 bits per heavy atom. The van der Waals surface area contributed by atoms with Crippen molar-refractivity contribution < 1.29 is 28.6 Å². The summed E-state index contributed by atoms with van der Waals surface area (Å²) in [5.41, 5.74) is 0. The monoisotopic (exact) mass is 777 g/mol. The Hall–Kier alpha value is -1.85. The highest BCUT2D eigenvalue weighted by atomic mass is 16.6. The van der Waals surface area contributed by atoms with Crippen LogP contribution in [0.15, 0.2) is 12.2 Å². The minimum absolute atomic E-state index is 0.0686. The van der Waals surface area contributed by atoms with E-state index < -0.39 is 6.10 Å². The molecule has 0 saturated carbocycles. The Morgan fingerprint density at radius 2 is 0.600 bits per heavy atom. The highest BCUT2D eigenvalue weighted by molar-refractivity contribution is 5.71. The lowest BCUT2D eigenvalue weighted by Crippen LogP contribution is -2.30. The third-order valence-corrected chi connectivity index (χ3v) is 10.8. The molecule has 0 bridgehead atoms. The Kier molecular flexibility index (Phi) is 43.4. The van der Waals surface area contributed by atoms with E-state index >= 15 is 0 Å². The molecule has 324 valence electrons. The van der Waals surface area contributed by atoms with Gasteiger partial charge in [-0.3, -0.25) is 14.4 Å². The molecule has 0 aromatic heterocycles. The van der Waals surface area contributed by atoms with Crippen LogP contribution in [-0.4, -0.2) is 37.2 Å². The fourth-order valence-corrected chi connectivity index (χ4v) is 7.08. The van der Waals surface area contributed by atoms with E-state index in [0.717, 1.165) is 64.2 Å². The number of carbonyl (C=O) groups excluding carboxylic acids is 3. The van der Waals surface area contributed by atoms with Gasteiger partial charge in [0.1, 0.15) is 13.2 Å². The van der Waals surface area contributed by atoms with E-state index in [0.29, 0.717) is 19.3 Å². The summed E-state index contributed by atoms with van der Waals surface area (Å²) in [5.74, 6) is -0.866. The standard InChI is InChI=1S/C49H92O6/c1-4-7-10-13-16-19-22-25-28-31-34-37-40-43-49(52)55-46(44-53-47(50)41-38-35-32-29-26-23-20-17-14-11-8-5-2)45-54-48(51)42-39-36-33-30-27-24-21-18-15-12-9-6-3/h19,22,46H,4-18,20-21,23-45H2,1-3H3/b22-19-. The lowest BCUT2D eigenvalue weighted by Gasteiger charge is -2.18. The second-order valence-corrected chi connectivity index (χ2v) is 16.4. The van der Waals surface area contributed by atoms with Crippen molar-refractivity contribution in [3.8, 4) is 0 Å². The molecule has 0 radical (unpaired) electrons. The highest BCUT2D eigenvalue weighted by Crippen LogP contribution is 2.15. The van der Waals surface area contributed by atoms with Crippen molar-refractivity contribution >= 4 is 17.9 Å². The van der Waals surface area contributed by atoms with Gasteiger partial charge in [-0.15, -0.1) is 0 Å². The Balaban J connectivity index is 4.35. The summed E-state index contributed by atoms with van der Waals surface area (Å²) in [6.07, 6.45) is 47.6. The van der Waals surface area contributed by atoms with Crippen molar-refractivity contribution in [3.63, 3.8) is 0 Å². The maximum atomic E-state index is 12.7. The van der Waals surface area contributed by atoms with Crippen LogP contribution in [0, 0.1) is 0 Å². The van der Waals surface area contributed by atoms with E-state index in [9.17, 15) is 14.4 Å². The Bertz CT molecular complexity index is 810. The molecule has 6 nitrogen and oxygen atoms in total. The Morgan fingerprint density at radius 1 is 0.345 bits per heavy atom. The van der Waals surface area contributed by atoms with E-state index in [1.807, 2.05) is 0 Å². The van der Waals surface area contributed by atoms with Crippen molar-refractivity contribution in [1.29, 1.82) is 0 Å². The summed E-state index contributed by atoms with van der Waals surface area (Å²) in [4.78, 5) is 37.8. The van der Waals surface area contributed by atoms with E-state index in [4.69, 9.17) is 14.2 Å². The summed E-state index contributed by atoms with van der Waals surface area (Å²) in [6.45, 7) is 6.63. The first-order valence-electron chi connectivity index (χ1n) is 24.2. The van der Waals surface area contributed by atoms with Crippen molar-refractivity contribution in [2.45, 2.75) is 271 Å². The first-order chi connectivity index (χ1) is 27.0. The molecular weight excluding hydrogens is 685 g/mol. The second kappa shape index (κ2) is 44.9. The number of ether oxygens (including phenoxy) is 3. The molecule has 0 aliphatic rings. The van der Waals surface area contributed by atoms with Gasteiger partial charge in [0.2, 0.25) is 0 Å². The lowest BCUT2D eigenvalue weighted by molar-refractivity contribution is -0.167. The molecule has 0 amide bonds. The van der Waals surface area contributed by atoms with Gasteiger partial charge < -0.3 is 14.2 Å². The molecule has 0 atom stereocenters. The molecule has 0 aromatic rings. The topological polar surface area (TPSA) is 78.9 Å². The number of unbranched alkanes of at least 4 members (excludes halogenated alkanes) is 31. The zero-order valence-corrected chi connectivity index (χ0v) is 37.0. The number of hydrogen-bond acceptors (Lipinski definition) is 6. The average Bonchev–Trinajstić information content (AvgIpc) is 3.18. The third-order valence-electron chi connectivity index (χ3n) is 10.8. The van der Waals surface area contributed by atoms with Crippen LogP contribution >= 0.6 is 0 Å². The lowest BCUT2D eigenvalue weighted by atomic mass is 10.0. The minimum Gasteiger partial charge on any atom is -0.462 e. The van der Waals surface area contributed by atoms with Gasteiger partial charge in [-0.1, -0.05) is 213 Å². The van der Waals surface area contributed by atoms with E-state index in [2.05, 4.69) is 32.9 Å². The summed E-state index contributed by atoms with van der Waals surface area (Å²) in [7, 11) is 0. The van der Waals surface area contributed by atoms with Gasteiger partial charge in [0, 0.05) is 19.3 Å². The first-order valence-corrected chi connectivity index (χ1v) is 24.2. The van der Waals surface area contributed by atoms with Gasteiger partial charge >= 0.3 is 17.9 Å². The van der Waals surface area contributed by atoms with Gasteiger partial charge in [-0.25, -0.2) is 0 Å². The van der Waals surface area contributed by atoms with Crippen LogP contribution < -0.4 is 0 Å². The number of rotatable bonds is 44. The third kappa shape index (κ3) is 43.1. The fourth-order valence-electron chi connectivity index (χ4n) is 7.08. The maximum Gasteiger partial charge on any atom is 0.306 e. The van der Waals surface area contributed by atoms with E-state index in [1.165, 1.54) is 161 Å². The van der Waals surface area contributed by atoms with Crippen molar-refractivity contribution in [3.05, 3.63) is 12.2 Å². The average molecular weight is 777 g/mol. The van der Waals surface area contributed by atoms with Crippen molar-refractivity contribution in [1.82, 2.24) is 0 Å². The molecule has 0 aliphatic heterocycles. The quantitative estimate of drug-likeness (QED) is 0.0265. The molecule has 0 N–H and O–H groups in total. The van der Waals surface area contributed by atoms with E-state index in [-0.39, 0.29) is 31.1 Å². The summed E-state index contributed by atoms with van der Waals surface area (Å²) < 4.78 is 16.7. The molecule has 0 heterocycles. The Labute approximate surface area is 341 Å². The summed E-state index contributed by atoms with van der Waals surface area (Å²) in [5, 5.41) is 0. The van der Waals surface area contributed by atoms with Crippen molar-refractivity contribution in [2.24, 2.45) is 0 Å². The van der Waals surface area contributed by atoms with Crippen LogP contribution in [0.2, 0.25) is 0 Å². The molecule has 0 aromatic carbocycles. The molecule has 0 fully saturated rings. The largest absolute Gasteiger partial charge is 0.462 e. The van der Waals surface area contributed by atoms with Gasteiger partial charge in [0.15, 0.2) is 6.10 Å². The van der Waals surface area contributed by atoms with E-state index in [1.54, 1.807) is 0 Å². The highest BCUT2D eigenvalue weighted by Gasteiger charge is 2.19. The maximum absolute atomic E-state index is 12.7.